The van der Waals surface area contributed by atoms with Crippen LogP contribution in [0.25, 0.3) is 11.4 Å². The molecule has 0 fully saturated rings. The van der Waals surface area contributed by atoms with E-state index in [1.54, 1.807) is 37.3 Å². The fraction of sp³-hybridized carbons (Fsp3) is 0.0556. The molecule has 1 aromatic heterocycles. The van der Waals surface area contributed by atoms with Gasteiger partial charge >= 0.3 is 0 Å². The number of para-hydroxylation sites is 1. The smallest absolute Gasteiger partial charge is 0.163 e. The number of hydrazone groups is 1. The summed E-state index contributed by atoms with van der Waals surface area (Å²) < 4.78 is 0. The van der Waals surface area contributed by atoms with E-state index in [-0.39, 0.29) is 23.0 Å². The summed E-state index contributed by atoms with van der Waals surface area (Å²) in [6, 6.07) is 12.5. The SMILES string of the molecule is Cc1cc(/C(=N/N)c2ccc(O)cc2O)nc(-c2ccccc2O)n1. The highest BCUT2D eigenvalue weighted by Gasteiger charge is 2.17. The number of aromatic nitrogens is 2. The highest BCUT2D eigenvalue weighted by Crippen LogP contribution is 2.28. The number of hydrogen-bond donors (Lipinski definition) is 4. The largest absolute Gasteiger partial charge is 0.508 e. The Kier molecular flexibility index (Phi) is 4.21. The summed E-state index contributed by atoms with van der Waals surface area (Å²) in [6.45, 7) is 1.78. The van der Waals surface area contributed by atoms with Gasteiger partial charge in [-0.15, -0.1) is 0 Å². The summed E-state index contributed by atoms with van der Waals surface area (Å²) in [5.41, 5.74) is 2.05. The van der Waals surface area contributed by atoms with Crippen LogP contribution in [-0.4, -0.2) is 31.0 Å². The fourth-order valence-corrected chi connectivity index (χ4v) is 2.47. The number of aromatic hydroxyl groups is 3. The summed E-state index contributed by atoms with van der Waals surface area (Å²) in [5, 5.41) is 33.3. The van der Waals surface area contributed by atoms with Gasteiger partial charge in [0.15, 0.2) is 5.82 Å². The Morgan fingerprint density at radius 1 is 0.960 bits per heavy atom. The minimum atomic E-state index is -0.176. The van der Waals surface area contributed by atoms with Gasteiger partial charge < -0.3 is 21.2 Å². The second-order valence-electron chi connectivity index (χ2n) is 5.41. The van der Waals surface area contributed by atoms with Crippen LogP contribution < -0.4 is 5.84 Å². The quantitative estimate of drug-likeness (QED) is 0.330. The molecule has 126 valence electrons. The lowest BCUT2D eigenvalue weighted by atomic mass is 10.0. The number of rotatable bonds is 3. The van der Waals surface area contributed by atoms with E-state index >= 15 is 0 Å². The molecular formula is C18H16N4O3. The molecule has 0 atom stereocenters. The van der Waals surface area contributed by atoms with Gasteiger partial charge in [0.2, 0.25) is 0 Å². The molecule has 7 nitrogen and oxygen atoms in total. The lowest BCUT2D eigenvalue weighted by Crippen LogP contribution is -2.11. The van der Waals surface area contributed by atoms with Crippen molar-refractivity contribution in [3.05, 3.63) is 65.5 Å². The molecule has 0 radical (unpaired) electrons. The van der Waals surface area contributed by atoms with Crippen LogP contribution in [0.15, 0.2) is 53.6 Å². The molecule has 0 spiro atoms. The van der Waals surface area contributed by atoms with E-state index in [0.29, 0.717) is 28.3 Å². The summed E-state index contributed by atoms with van der Waals surface area (Å²) in [5.74, 6) is 5.63. The fourth-order valence-electron chi connectivity index (χ4n) is 2.47. The van der Waals surface area contributed by atoms with Crippen LogP contribution in [0.2, 0.25) is 0 Å². The standard InChI is InChI=1S/C18H16N4O3/c1-10-8-14(17(22-19)12-7-6-11(23)9-16(12)25)21-18(20-10)13-4-2-3-5-15(13)24/h2-9,23-25H,19H2,1H3/b22-17+. The third-order valence-electron chi connectivity index (χ3n) is 3.61. The minimum absolute atomic E-state index is 0.0535. The Hall–Kier alpha value is -3.61. The Morgan fingerprint density at radius 3 is 2.40 bits per heavy atom. The number of hydrogen-bond acceptors (Lipinski definition) is 7. The maximum Gasteiger partial charge on any atom is 0.163 e. The molecule has 0 aliphatic rings. The second-order valence-corrected chi connectivity index (χ2v) is 5.41. The Bertz CT molecular complexity index is 970. The highest BCUT2D eigenvalue weighted by atomic mass is 16.3. The molecule has 3 aromatic rings. The first-order valence-corrected chi connectivity index (χ1v) is 7.44. The lowest BCUT2D eigenvalue weighted by Gasteiger charge is -2.10. The molecule has 1 heterocycles. The summed E-state index contributed by atoms with van der Waals surface area (Å²) in [4.78, 5) is 8.76. The topological polar surface area (TPSA) is 125 Å². The maximum absolute atomic E-state index is 10.1. The summed E-state index contributed by atoms with van der Waals surface area (Å²) in [6.07, 6.45) is 0. The molecule has 2 aromatic carbocycles. The van der Waals surface area contributed by atoms with Gasteiger partial charge in [-0.2, -0.15) is 5.10 Å². The van der Waals surface area contributed by atoms with Crippen molar-refractivity contribution in [3.63, 3.8) is 0 Å². The van der Waals surface area contributed by atoms with E-state index in [1.807, 2.05) is 0 Å². The van der Waals surface area contributed by atoms with Gasteiger partial charge in [-0.3, -0.25) is 0 Å². The third kappa shape index (κ3) is 3.20. The van der Waals surface area contributed by atoms with Gasteiger partial charge in [0.1, 0.15) is 23.0 Å². The molecule has 0 saturated heterocycles. The monoisotopic (exact) mass is 336 g/mol. The average molecular weight is 336 g/mol. The van der Waals surface area contributed by atoms with E-state index in [4.69, 9.17) is 5.84 Å². The van der Waals surface area contributed by atoms with E-state index in [0.717, 1.165) is 0 Å². The molecule has 3 rings (SSSR count). The summed E-state index contributed by atoms with van der Waals surface area (Å²) in [7, 11) is 0. The molecular weight excluding hydrogens is 320 g/mol. The Morgan fingerprint density at radius 2 is 1.72 bits per heavy atom. The van der Waals surface area contributed by atoms with Crippen LogP contribution in [0.4, 0.5) is 0 Å². The first-order chi connectivity index (χ1) is 12.0. The van der Waals surface area contributed by atoms with Crippen LogP contribution in [0.3, 0.4) is 0 Å². The van der Waals surface area contributed by atoms with E-state index < -0.39 is 0 Å². The Balaban J connectivity index is 2.15. The average Bonchev–Trinajstić information content (AvgIpc) is 2.57. The van der Waals surface area contributed by atoms with Crippen LogP contribution in [-0.2, 0) is 0 Å². The zero-order valence-electron chi connectivity index (χ0n) is 13.4. The first-order valence-electron chi connectivity index (χ1n) is 7.44. The maximum atomic E-state index is 10.1. The normalized spacial score (nSPS) is 11.5. The van der Waals surface area contributed by atoms with Gasteiger partial charge in [0, 0.05) is 17.3 Å². The van der Waals surface area contributed by atoms with E-state index in [1.165, 1.54) is 18.2 Å². The van der Waals surface area contributed by atoms with Gasteiger partial charge in [0.25, 0.3) is 0 Å². The van der Waals surface area contributed by atoms with Crippen molar-refractivity contribution in [3.8, 4) is 28.6 Å². The molecule has 25 heavy (non-hydrogen) atoms. The van der Waals surface area contributed by atoms with Crippen molar-refractivity contribution >= 4 is 5.71 Å². The van der Waals surface area contributed by atoms with Crippen LogP contribution in [0.1, 0.15) is 17.0 Å². The molecule has 0 saturated carbocycles. The molecule has 0 bridgehead atoms. The number of nitrogens with zero attached hydrogens (tertiary/aromatic N) is 3. The predicted octanol–water partition coefficient (Wildman–Crippen LogP) is 2.28. The lowest BCUT2D eigenvalue weighted by molar-refractivity contribution is 0.450. The van der Waals surface area contributed by atoms with Crippen molar-refractivity contribution in [2.75, 3.05) is 0 Å². The van der Waals surface area contributed by atoms with Gasteiger partial charge in [0.05, 0.1) is 11.3 Å². The van der Waals surface area contributed by atoms with Crippen LogP contribution in [0, 0.1) is 6.92 Å². The van der Waals surface area contributed by atoms with E-state index in [9.17, 15) is 15.3 Å². The van der Waals surface area contributed by atoms with E-state index in [2.05, 4.69) is 15.1 Å². The van der Waals surface area contributed by atoms with Crippen LogP contribution in [0.5, 0.6) is 17.2 Å². The molecule has 0 unspecified atom stereocenters. The number of phenols is 3. The molecule has 7 heteroatoms. The van der Waals surface area contributed by atoms with Crippen molar-refractivity contribution in [1.29, 1.82) is 0 Å². The van der Waals surface area contributed by atoms with Crippen LogP contribution >= 0.6 is 0 Å². The number of phenolic OH excluding ortho intramolecular Hbond substituents is 3. The molecule has 5 N–H and O–H groups in total. The zero-order chi connectivity index (χ0) is 18.0. The van der Waals surface area contributed by atoms with Crippen molar-refractivity contribution in [1.82, 2.24) is 9.97 Å². The van der Waals surface area contributed by atoms with Crippen molar-refractivity contribution < 1.29 is 15.3 Å². The number of benzene rings is 2. The zero-order valence-corrected chi connectivity index (χ0v) is 13.4. The van der Waals surface area contributed by atoms with Gasteiger partial charge in [-0.05, 0) is 37.3 Å². The molecule has 0 aliphatic carbocycles. The van der Waals surface area contributed by atoms with Gasteiger partial charge in [-0.1, -0.05) is 12.1 Å². The van der Waals surface area contributed by atoms with Crippen molar-refractivity contribution in [2.24, 2.45) is 10.9 Å². The molecule has 0 aliphatic heterocycles. The third-order valence-corrected chi connectivity index (χ3v) is 3.61. The highest BCUT2D eigenvalue weighted by molar-refractivity contribution is 6.13. The van der Waals surface area contributed by atoms with Gasteiger partial charge in [-0.25, -0.2) is 9.97 Å². The second kappa shape index (κ2) is 6.48. The first kappa shape index (κ1) is 16.3. The minimum Gasteiger partial charge on any atom is -0.508 e. The number of nitrogens with two attached hydrogens (primary N) is 1. The Labute approximate surface area is 143 Å². The summed E-state index contributed by atoms with van der Waals surface area (Å²) >= 11 is 0. The van der Waals surface area contributed by atoms with Crippen molar-refractivity contribution in [2.45, 2.75) is 6.92 Å². The molecule has 0 amide bonds. The number of aryl methyl sites for hydroxylation is 1. The predicted molar refractivity (Wildman–Crippen MR) is 93.5 cm³/mol.